The zero-order chi connectivity index (χ0) is 11.1. The lowest BCUT2D eigenvalue weighted by molar-refractivity contribution is 0.0902. The highest BCUT2D eigenvalue weighted by Crippen LogP contribution is 2.24. The van der Waals surface area contributed by atoms with E-state index in [-0.39, 0.29) is 0 Å². The first kappa shape index (κ1) is 12.7. The van der Waals surface area contributed by atoms with E-state index in [1.807, 2.05) is 0 Å². The largest absolute Gasteiger partial charge is 0.239 e. The molecule has 0 radical (unpaired) electrons. The maximum atomic E-state index is 11.9. The van der Waals surface area contributed by atoms with Gasteiger partial charge in [-0.1, -0.05) is 0 Å². The van der Waals surface area contributed by atoms with E-state index in [9.17, 15) is 17.6 Å². The van der Waals surface area contributed by atoms with Gasteiger partial charge in [-0.2, -0.15) is 10.5 Å². The van der Waals surface area contributed by atoms with E-state index in [0.29, 0.717) is 0 Å². The molecule has 0 aromatic rings. The molecule has 0 aromatic heterocycles. The van der Waals surface area contributed by atoms with Gasteiger partial charge in [0.15, 0.2) is 0 Å². The Morgan fingerprint density at radius 2 is 1.07 bits per heavy atom. The predicted molar refractivity (Wildman–Crippen MR) is 39.4 cm³/mol. The van der Waals surface area contributed by atoms with E-state index >= 15 is 0 Å². The Hall–Kier alpha value is -1.30. The molecule has 0 aliphatic rings. The van der Waals surface area contributed by atoms with Gasteiger partial charge in [-0.15, -0.1) is 0 Å². The normalized spacial score (nSPS) is 14.9. The van der Waals surface area contributed by atoms with E-state index in [1.54, 1.807) is 0 Å². The lowest BCUT2D eigenvalue weighted by Crippen LogP contribution is -2.17. The fourth-order valence-corrected chi connectivity index (χ4v) is 0.998. The summed E-state index contributed by atoms with van der Waals surface area (Å²) in [5.41, 5.74) is 0. The lowest BCUT2D eigenvalue weighted by atomic mass is 9.89. The average molecular weight is 208 g/mol. The van der Waals surface area contributed by atoms with Crippen molar-refractivity contribution in [3.05, 3.63) is 0 Å². The van der Waals surface area contributed by atoms with Crippen LogP contribution in [0.3, 0.4) is 0 Å². The summed E-state index contributed by atoms with van der Waals surface area (Å²) in [6, 6.07) is 2.91. The lowest BCUT2D eigenvalue weighted by Gasteiger charge is -2.13. The van der Waals surface area contributed by atoms with E-state index in [0.717, 1.165) is 0 Å². The number of hydrogen-bond acceptors (Lipinski definition) is 2. The van der Waals surface area contributed by atoms with Crippen molar-refractivity contribution in [2.24, 2.45) is 11.8 Å². The molecule has 0 saturated carbocycles. The fraction of sp³-hybridized carbons (Fsp3) is 0.750. The van der Waals surface area contributed by atoms with Crippen LogP contribution in [0.1, 0.15) is 12.8 Å². The van der Waals surface area contributed by atoms with Crippen LogP contribution in [-0.2, 0) is 0 Å². The maximum Gasteiger partial charge on any atom is 0.239 e. The minimum Gasteiger partial charge on any atom is -0.210 e. The van der Waals surface area contributed by atoms with E-state index < -0.39 is 37.5 Å². The second-order valence-corrected chi connectivity index (χ2v) is 2.72. The van der Waals surface area contributed by atoms with Crippen molar-refractivity contribution in [1.82, 2.24) is 0 Å². The van der Waals surface area contributed by atoms with Gasteiger partial charge in [0.2, 0.25) is 12.9 Å². The van der Waals surface area contributed by atoms with Gasteiger partial charge < -0.3 is 0 Å². The van der Waals surface area contributed by atoms with Crippen molar-refractivity contribution in [1.29, 1.82) is 10.5 Å². The Morgan fingerprint density at radius 3 is 1.21 bits per heavy atom. The zero-order valence-corrected chi connectivity index (χ0v) is 7.13. The van der Waals surface area contributed by atoms with Gasteiger partial charge in [-0.25, -0.2) is 17.6 Å². The topological polar surface area (TPSA) is 47.6 Å². The van der Waals surface area contributed by atoms with Gasteiger partial charge in [0.1, 0.15) is 0 Å². The number of rotatable bonds is 5. The second-order valence-electron chi connectivity index (χ2n) is 2.72. The van der Waals surface area contributed by atoms with Crippen LogP contribution >= 0.6 is 0 Å². The maximum absolute atomic E-state index is 11.9. The molecule has 2 unspecified atom stereocenters. The third-order valence-electron chi connectivity index (χ3n) is 1.68. The molecule has 0 fully saturated rings. The summed E-state index contributed by atoms with van der Waals surface area (Å²) in [6.07, 6.45) is -7.18. The fourth-order valence-electron chi connectivity index (χ4n) is 0.998. The van der Waals surface area contributed by atoms with Gasteiger partial charge in [0.25, 0.3) is 0 Å². The Kier molecular flexibility index (Phi) is 5.62. The Morgan fingerprint density at radius 1 is 0.786 bits per heavy atom. The molecule has 0 aliphatic heterocycles. The Balaban J connectivity index is 4.33. The van der Waals surface area contributed by atoms with Crippen molar-refractivity contribution < 1.29 is 17.6 Å². The minimum absolute atomic E-state index is 0.832. The van der Waals surface area contributed by atoms with Crippen molar-refractivity contribution >= 4 is 0 Å². The van der Waals surface area contributed by atoms with E-state index in [4.69, 9.17) is 10.5 Å². The molecule has 0 aromatic carbocycles. The third-order valence-corrected chi connectivity index (χ3v) is 1.68. The van der Waals surface area contributed by atoms with Crippen molar-refractivity contribution in [2.45, 2.75) is 25.7 Å². The third kappa shape index (κ3) is 4.66. The van der Waals surface area contributed by atoms with Crippen molar-refractivity contribution in [2.75, 3.05) is 0 Å². The van der Waals surface area contributed by atoms with Gasteiger partial charge >= 0.3 is 0 Å². The first-order valence-electron chi connectivity index (χ1n) is 3.86. The van der Waals surface area contributed by atoms with Gasteiger partial charge in [0.05, 0.1) is 24.0 Å². The number of nitriles is 2. The molecule has 0 amide bonds. The molecule has 6 heteroatoms. The molecule has 0 bridgehead atoms. The number of alkyl halides is 4. The van der Waals surface area contributed by atoms with Gasteiger partial charge in [0, 0.05) is 12.8 Å². The number of halogens is 4. The highest BCUT2D eigenvalue weighted by atomic mass is 19.3. The highest BCUT2D eigenvalue weighted by molar-refractivity contribution is 4.98. The highest BCUT2D eigenvalue weighted by Gasteiger charge is 2.27. The molecule has 0 aliphatic carbocycles. The second kappa shape index (κ2) is 6.20. The van der Waals surface area contributed by atoms with E-state index in [1.165, 1.54) is 12.1 Å². The van der Waals surface area contributed by atoms with Crippen LogP contribution in [0.5, 0.6) is 0 Å². The Labute approximate surface area is 78.7 Å². The van der Waals surface area contributed by atoms with Crippen LogP contribution in [0, 0.1) is 34.5 Å². The summed E-state index contributed by atoms with van der Waals surface area (Å²) < 4.78 is 47.4. The van der Waals surface area contributed by atoms with Crippen molar-refractivity contribution in [3.8, 4) is 12.1 Å². The quantitative estimate of drug-likeness (QED) is 0.652. The molecule has 78 valence electrons. The monoisotopic (exact) mass is 208 g/mol. The summed E-state index contributed by atoms with van der Waals surface area (Å²) in [6.45, 7) is 0. The summed E-state index contributed by atoms with van der Waals surface area (Å²) in [4.78, 5) is 0. The van der Waals surface area contributed by atoms with Crippen molar-refractivity contribution in [3.63, 3.8) is 0 Å². The number of hydrogen-bond donors (Lipinski definition) is 0. The first-order valence-corrected chi connectivity index (χ1v) is 3.86. The zero-order valence-electron chi connectivity index (χ0n) is 7.13. The smallest absolute Gasteiger partial charge is 0.210 e. The van der Waals surface area contributed by atoms with Crippen LogP contribution < -0.4 is 0 Å². The predicted octanol–water partition coefficient (Wildman–Crippen LogP) is 2.58. The van der Waals surface area contributed by atoms with Crippen LogP contribution in [0.25, 0.3) is 0 Å². The van der Waals surface area contributed by atoms with E-state index in [2.05, 4.69) is 0 Å². The number of nitrogens with zero attached hydrogens (tertiary/aromatic N) is 2. The summed E-state index contributed by atoms with van der Waals surface area (Å²) in [5.74, 6) is -2.65. The molecule has 0 spiro atoms. The SMILES string of the molecule is N#CC(CC(F)F)C(C#N)CC(F)F. The van der Waals surface area contributed by atoms with Gasteiger partial charge in [-0.3, -0.25) is 0 Å². The molecule has 2 nitrogen and oxygen atoms in total. The molecule has 0 saturated heterocycles. The van der Waals surface area contributed by atoms with Crippen LogP contribution in [0.2, 0.25) is 0 Å². The molecular weight excluding hydrogens is 200 g/mol. The Bertz CT molecular complexity index is 215. The van der Waals surface area contributed by atoms with Crippen LogP contribution in [0.15, 0.2) is 0 Å². The minimum atomic E-state index is -2.76. The van der Waals surface area contributed by atoms with Crippen LogP contribution in [0.4, 0.5) is 17.6 Å². The molecule has 0 rings (SSSR count). The summed E-state index contributed by atoms with van der Waals surface area (Å²) >= 11 is 0. The molecule has 14 heavy (non-hydrogen) atoms. The van der Waals surface area contributed by atoms with Crippen LogP contribution in [-0.4, -0.2) is 12.9 Å². The standard InChI is InChI=1S/C8H8F4N2/c9-7(10)1-5(3-13)6(4-14)2-8(11)12/h5-8H,1-2H2. The summed E-state index contributed by atoms with van der Waals surface area (Å²) in [7, 11) is 0. The molecule has 0 N–H and O–H groups in total. The molecule has 0 heterocycles. The first-order chi connectivity index (χ1) is 6.51. The average Bonchev–Trinajstić information content (AvgIpc) is 2.10. The van der Waals surface area contributed by atoms with Gasteiger partial charge in [-0.05, 0) is 0 Å². The molecule has 2 atom stereocenters. The molecular formula is C8H8F4N2. The summed E-state index contributed by atoms with van der Waals surface area (Å²) in [5, 5.41) is 16.8.